The van der Waals surface area contributed by atoms with Gasteiger partial charge < -0.3 is 10.2 Å². The molecule has 4 nitrogen and oxygen atoms in total. The van der Waals surface area contributed by atoms with Crippen LogP contribution in [0.5, 0.6) is 11.5 Å². The van der Waals surface area contributed by atoms with Crippen LogP contribution < -0.4 is 0 Å². The predicted molar refractivity (Wildman–Crippen MR) is 121 cm³/mol. The van der Waals surface area contributed by atoms with Crippen LogP contribution in [0.15, 0.2) is 60.9 Å². The van der Waals surface area contributed by atoms with E-state index in [1.807, 2.05) is 76.2 Å². The van der Waals surface area contributed by atoms with E-state index < -0.39 is 0 Å². The van der Waals surface area contributed by atoms with Crippen LogP contribution in [-0.2, 0) is 0 Å². The van der Waals surface area contributed by atoms with Gasteiger partial charge in [0.15, 0.2) is 0 Å². The highest BCUT2D eigenvalue weighted by Gasteiger charge is 2.20. The topological polar surface area (TPSA) is 66.2 Å². The molecule has 30 heavy (non-hydrogen) atoms. The maximum atomic E-state index is 10.8. The van der Waals surface area contributed by atoms with Gasteiger partial charge in [0.05, 0.1) is 11.4 Å². The average Bonchev–Trinajstić information content (AvgIpc) is 2.73. The maximum absolute atomic E-state index is 10.8. The molecule has 150 valence electrons. The Balaban J connectivity index is 2.01. The Hall–Kier alpha value is -3.66. The van der Waals surface area contributed by atoms with E-state index in [1.165, 1.54) is 0 Å². The van der Waals surface area contributed by atoms with Crippen molar-refractivity contribution in [3.8, 4) is 45.1 Å². The van der Waals surface area contributed by atoms with Gasteiger partial charge in [0.25, 0.3) is 0 Å². The third-order valence-electron chi connectivity index (χ3n) is 5.31. The molecule has 0 spiro atoms. The fourth-order valence-electron chi connectivity index (χ4n) is 3.95. The van der Waals surface area contributed by atoms with E-state index >= 15 is 0 Å². The zero-order valence-corrected chi connectivity index (χ0v) is 17.6. The molecule has 4 heteroatoms. The molecule has 0 amide bonds. The lowest BCUT2D eigenvalue weighted by atomic mass is 9.93. The number of pyridine rings is 2. The van der Waals surface area contributed by atoms with Gasteiger partial charge in [-0.2, -0.15) is 0 Å². The van der Waals surface area contributed by atoms with Gasteiger partial charge in [0.1, 0.15) is 11.5 Å². The van der Waals surface area contributed by atoms with Crippen LogP contribution in [0.3, 0.4) is 0 Å². The van der Waals surface area contributed by atoms with Crippen molar-refractivity contribution in [2.75, 3.05) is 0 Å². The molecule has 0 atom stereocenters. The largest absolute Gasteiger partial charge is 0.507 e. The minimum absolute atomic E-state index is 0.238. The summed E-state index contributed by atoms with van der Waals surface area (Å²) in [6.45, 7) is 7.79. The van der Waals surface area contributed by atoms with E-state index in [-0.39, 0.29) is 11.5 Å². The number of phenolic OH excluding ortho intramolecular Hbond substituents is 2. The molecule has 2 aromatic heterocycles. The zero-order chi connectivity index (χ0) is 21.4. The highest BCUT2D eigenvalue weighted by molar-refractivity contribution is 5.90. The number of nitrogens with zero attached hydrogens (tertiary/aromatic N) is 2. The van der Waals surface area contributed by atoms with Crippen LogP contribution in [0, 0.1) is 27.7 Å². The molecule has 0 saturated carbocycles. The first kappa shape index (κ1) is 19.6. The van der Waals surface area contributed by atoms with Crippen LogP contribution in [0.2, 0.25) is 0 Å². The Kier molecular flexibility index (Phi) is 5.00. The van der Waals surface area contributed by atoms with Gasteiger partial charge in [-0.25, -0.2) is 0 Å². The second-order valence-electron chi connectivity index (χ2n) is 7.76. The van der Waals surface area contributed by atoms with Crippen LogP contribution >= 0.6 is 0 Å². The van der Waals surface area contributed by atoms with Gasteiger partial charge in [-0.15, -0.1) is 0 Å². The van der Waals surface area contributed by atoms with Crippen LogP contribution in [0.25, 0.3) is 33.6 Å². The van der Waals surface area contributed by atoms with Crippen molar-refractivity contribution in [2.45, 2.75) is 27.7 Å². The van der Waals surface area contributed by atoms with Crippen molar-refractivity contribution < 1.29 is 10.2 Å². The van der Waals surface area contributed by atoms with Gasteiger partial charge in [-0.1, -0.05) is 24.3 Å². The summed E-state index contributed by atoms with van der Waals surface area (Å²) in [5, 5.41) is 21.5. The maximum Gasteiger partial charge on any atom is 0.126 e. The third-order valence-corrected chi connectivity index (χ3v) is 5.31. The molecular formula is C26H24N2O2. The number of benzene rings is 2. The summed E-state index contributed by atoms with van der Waals surface area (Å²) in [5.74, 6) is 0.475. The third kappa shape index (κ3) is 3.41. The Labute approximate surface area is 176 Å². The van der Waals surface area contributed by atoms with E-state index in [1.54, 1.807) is 12.4 Å². The van der Waals surface area contributed by atoms with Gasteiger partial charge in [-0.05, 0) is 74.2 Å². The SMILES string of the molecule is Cc1cc(C)c(O)c(-c2cccnc2-c2ncccc2-c2cc(C)cc(C)c2O)c1. The Morgan fingerprint density at radius 2 is 0.967 bits per heavy atom. The van der Waals surface area contributed by atoms with E-state index in [2.05, 4.69) is 9.97 Å². The fourth-order valence-corrected chi connectivity index (χ4v) is 3.95. The first-order valence-corrected chi connectivity index (χ1v) is 9.88. The molecule has 0 radical (unpaired) electrons. The molecule has 0 saturated heterocycles. The number of aryl methyl sites for hydroxylation is 4. The normalized spacial score (nSPS) is 10.9. The quantitative estimate of drug-likeness (QED) is 0.438. The van der Waals surface area contributed by atoms with E-state index in [9.17, 15) is 10.2 Å². The highest BCUT2D eigenvalue weighted by Crippen LogP contribution is 2.42. The van der Waals surface area contributed by atoms with Crippen molar-refractivity contribution in [2.24, 2.45) is 0 Å². The molecule has 0 unspecified atom stereocenters. The molecule has 0 aliphatic rings. The van der Waals surface area contributed by atoms with Gasteiger partial charge in [-0.3, -0.25) is 9.97 Å². The zero-order valence-electron chi connectivity index (χ0n) is 17.6. The smallest absolute Gasteiger partial charge is 0.126 e. The standard InChI is InChI=1S/C26H24N2O2/c1-15-11-17(3)25(29)21(13-15)19-7-5-9-27-23(19)24-20(8-6-10-28-24)22-14-16(2)12-18(4)26(22)30/h5-14,29-30H,1-4H3. The van der Waals surface area contributed by atoms with Crippen molar-refractivity contribution in [3.05, 3.63) is 83.2 Å². The summed E-state index contributed by atoms with van der Waals surface area (Å²) in [4.78, 5) is 9.26. The minimum atomic E-state index is 0.238. The Bertz CT molecular complexity index is 1160. The van der Waals surface area contributed by atoms with Crippen molar-refractivity contribution in [1.82, 2.24) is 9.97 Å². The molecule has 4 rings (SSSR count). The Morgan fingerprint density at radius 1 is 0.567 bits per heavy atom. The number of rotatable bonds is 3. The number of aromatic nitrogens is 2. The molecule has 0 fully saturated rings. The first-order valence-electron chi connectivity index (χ1n) is 9.88. The number of hydrogen-bond donors (Lipinski definition) is 2. The summed E-state index contributed by atoms with van der Waals surface area (Å²) in [7, 11) is 0. The van der Waals surface area contributed by atoms with Crippen LogP contribution in [-0.4, -0.2) is 20.2 Å². The highest BCUT2D eigenvalue weighted by atomic mass is 16.3. The summed E-state index contributed by atoms with van der Waals surface area (Å²) >= 11 is 0. The van der Waals surface area contributed by atoms with Gasteiger partial charge >= 0.3 is 0 Å². The molecule has 2 N–H and O–H groups in total. The second kappa shape index (κ2) is 7.64. The molecule has 0 aliphatic carbocycles. The summed E-state index contributed by atoms with van der Waals surface area (Å²) in [6.07, 6.45) is 3.44. The van der Waals surface area contributed by atoms with Crippen LogP contribution in [0.1, 0.15) is 22.3 Å². The summed E-state index contributed by atoms with van der Waals surface area (Å²) in [6, 6.07) is 15.4. The number of hydrogen-bond acceptors (Lipinski definition) is 4. The van der Waals surface area contributed by atoms with Crippen molar-refractivity contribution >= 4 is 0 Å². The molecule has 0 bridgehead atoms. The van der Waals surface area contributed by atoms with Crippen molar-refractivity contribution in [1.29, 1.82) is 0 Å². The van der Waals surface area contributed by atoms with Gasteiger partial charge in [0.2, 0.25) is 0 Å². The monoisotopic (exact) mass is 396 g/mol. The molecule has 0 aliphatic heterocycles. The predicted octanol–water partition coefficient (Wildman–Crippen LogP) is 6.12. The number of aromatic hydroxyl groups is 2. The molecule has 2 aromatic carbocycles. The average molecular weight is 396 g/mol. The first-order chi connectivity index (χ1) is 14.4. The van der Waals surface area contributed by atoms with E-state index in [0.29, 0.717) is 11.4 Å². The molecule has 4 aromatic rings. The summed E-state index contributed by atoms with van der Waals surface area (Å²) in [5.41, 5.74) is 8.09. The summed E-state index contributed by atoms with van der Waals surface area (Å²) < 4.78 is 0. The van der Waals surface area contributed by atoms with E-state index in [0.717, 1.165) is 44.5 Å². The lowest BCUT2D eigenvalue weighted by molar-refractivity contribution is 0.472. The fraction of sp³-hybridized carbons (Fsp3) is 0.154. The van der Waals surface area contributed by atoms with E-state index in [4.69, 9.17) is 0 Å². The number of phenols is 2. The second-order valence-corrected chi connectivity index (χ2v) is 7.76. The van der Waals surface area contributed by atoms with Crippen molar-refractivity contribution in [3.63, 3.8) is 0 Å². The minimum Gasteiger partial charge on any atom is -0.507 e. The Morgan fingerprint density at radius 3 is 1.37 bits per heavy atom. The molecular weight excluding hydrogens is 372 g/mol. The van der Waals surface area contributed by atoms with Gasteiger partial charge in [0, 0.05) is 34.6 Å². The van der Waals surface area contributed by atoms with Crippen LogP contribution in [0.4, 0.5) is 0 Å². The lowest BCUT2D eigenvalue weighted by Crippen LogP contribution is -1.96. The lowest BCUT2D eigenvalue weighted by Gasteiger charge is -2.16. The molecule has 2 heterocycles.